The molecule has 2 N–H and O–H groups in total. The summed E-state index contributed by atoms with van der Waals surface area (Å²) in [6.07, 6.45) is 2.24. The fourth-order valence-corrected chi connectivity index (χ4v) is 1.93. The molecular formula is C17H18ClN3O3. The maximum atomic E-state index is 11.8. The Kier molecular flexibility index (Phi) is 6.57. The van der Waals surface area contributed by atoms with Gasteiger partial charge in [0.1, 0.15) is 5.82 Å². The number of halogens is 1. The van der Waals surface area contributed by atoms with Gasteiger partial charge in [-0.2, -0.15) is 0 Å². The Labute approximate surface area is 145 Å². The summed E-state index contributed by atoms with van der Waals surface area (Å²) in [4.78, 5) is 27.5. The van der Waals surface area contributed by atoms with Crippen molar-refractivity contribution < 1.29 is 14.3 Å². The highest BCUT2D eigenvalue weighted by molar-refractivity contribution is 6.30. The van der Waals surface area contributed by atoms with Crippen LogP contribution in [0.2, 0.25) is 5.02 Å². The lowest BCUT2D eigenvalue weighted by Gasteiger charge is -2.08. The van der Waals surface area contributed by atoms with Crippen LogP contribution >= 0.6 is 11.6 Å². The molecule has 126 valence electrons. The highest BCUT2D eigenvalue weighted by Crippen LogP contribution is 2.11. The second-order valence-corrected chi connectivity index (χ2v) is 5.41. The maximum absolute atomic E-state index is 11.8. The average Bonchev–Trinajstić information content (AvgIpc) is 2.60. The minimum atomic E-state index is -0.352. The SMILES string of the molecule is CCCOC(=O)c1ccc(NCC(=O)Nc2ccc(Cl)cn2)cc1. The Balaban J connectivity index is 1.82. The van der Waals surface area contributed by atoms with Crippen LogP contribution in [0.5, 0.6) is 0 Å². The Bertz CT molecular complexity index is 687. The number of nitrogens with one attached hydrogen (secondary N) is 2. The molecule has 1 amide bonds. The van der Waals surface area contributed by atoms with Crippen molar-refractivity contribution in [3.63, 3.8) is 0 Å². The highest BCUT2D eigenvalue weighted by atomic mass is 35.5. The number of esters is 1. The summed E-state index contributed by atoms with van der Waals surface area (Å²) in [7, 11) is 0. The minimum Gasteiger partial charge on any atom is -0.462 e. The third-order valence-corrected chi connectivity index (χ3v) is 3.23. The number of pyridine rings is 1. The first kappa shape index (κ1) is 17.7. The van der Waals surface area contributed by atoms with Gasteiger partial charge in [-0.3, -0.25) is 4.79 Å². The third-order valence-electron chi connectivity index (χ3n) is 3.01. The molecule has 0 radical (unpaired) electrons. The molecule has 0 unspecified atom stereocenters. The molecule has 0 aliphatic heterocycles. The largest absolute Gasteiger partial charge is 0.462 e. The molecule has 1 aromatic carbocycles. The zero-order valence-corrected chi connectivity index (χ0v) is 14.0. The molecular weight excluding hydrogens is 330 g/mol. The Morgan fingerprint density at radius 1 is 1.17 bits per heavy atom. The number of aromatic nitrogens is 1. The van der Waals surface area contributed by atoms with Crippen LogP contribution in [0.1, 0.15) is 23.7 Å². The van der Waals surface area contributed by atoms with E-state index in [4.69, 9.17) is 16.3 Å². The Hall–Kier alpha value is -2.60. The van der Waals surface area contributed by atoms with Gasteiger partial charge in [0.25, 0.3) is 0 Å². The van der Waals surface area contributed by atoms with E-state index < -0.39 is 0 Å². The lowest BCUT2D eigenvalue weighted by Crippen LogP contribution is -2.22. The molecule has 24 heavy (non-hydrogen) atoms. The summed E-state index contributed by atoms with van der Waals surface area (Å²) in [5, 5.41) is 6.12. The van der Waals surface area contributed by atoms with Gasteiger partial charge in [-0.15, -0.1) is 0 Å². The van der Waals surface area contributed by atoms with E-state index in [9.17, 15) is 9.59 Å². The predicted molar refractivity (Wildman–Crippen MR) is 93.4 cm³/mol. The van der Waals surface area contributed by atoms with Crippen LogP contribution in [0.3, 0.4) is 0 Å². The zero-order chi connectivity index (χ0) is 17.4. The number of benzene rings is 1. The van der Waals surface area contributed by atoms with Crippen molar-refractivity contribution in [3.05, 3.63) is 53.2 Å². The van der Waals surface area contributed by atoms with Crippen LogP contribution in [-0.2, 0) is 9.53 Å². The fraction of sp³-hybridized carbons (Fsp3) is 0.235. The van der Waals surface area contributed by atoms with Crippen LogP contribution in [0.4, 0.5) is 11.5 Å². The number of rotatable bonds is 7. The number of nitrogens with zero attached hydrogens (tertiary/aromatic N) is 1. The fourth-order valence-electron chi connectivity index (χ4n) is 1.82. The number of ether oxygens (including phenoxy) is 1. The van der Waals surface area contributed by atoms with E-state index in [1.165, 1.54) is 6.20 Å². The molecule has 1 heterocycles. The van der Waals surface area contributed by atoms with Gasteiger partial charge in [-0.1, -0.05) is 18.5 Å². The van der Waals surface area contributed by atoms with Gasteiger partial charge < -0.3 is 15.4 Å². The second kappa shape index (κ2) is 8.88. The van der Waals surface area contributed by atoms with Gasteiger partial charge in [-0.25, -0.2) is 9.78 Å². The molecule has 6 nitrogen and oxygen atoms in total. The van der Waals surface area contributed by atoms with Crippen LogP contribution in [0, 0.1) is 0 Å². The van der Waals surface area contributed by atoms with Crippen molar-refractivity contribution in [1.82, 2.24) is 4.98 Å². The summed E-state index contributed by atoms with van der Waals surface area (Å²) in [6.45, 7) is 2.41. The molecule has 0 spiro atoms. The predicted octanol–water partition coefficient (Wildman–Crippen LogP) is 3.35. The van der Waals surface area contributed by atoms with Gasteiger partial charge in [0.2, 0.25) is 5.91 Å². The summed E-state index contributed by atoms with van der Waals surface area (Å²) < 4.78 is 5.05. The van der Waals surface area contributed by atoms with E-state index >= 15 is 0 Å². The van der Waals surface area contributed by atoms with Gasteiger partial charge in [0.15, 0.2) is 0 Å². The number of anilines is 2. The van der Waals surface area contributed by atoms with E-state index in [0.29, 0.717) is 23.0 Å². The van der Waals surface area contributed by atoms with Crippen molar-refractivity contribution in [2.24, 2.45) is 0 Å². The molecule has 0 saturated carbocycles. The monoisotopic (exact) mass is 347 g/mol. The van der Waals surface area contributed by atoms with Crippen LogP contribution in [0.15, 0.2) is 42.6 Å². The maximum Gasteiger partial charge on any atom is 0.338 e. The number of hydrogen-bond donors (Lipinski definition) is 2. The first-order valence-electron chi connectivity index (χ1n) is 7.51. The molecule has 0 aliphatic rings. The second-order valence-electron chi connectivity index (χ2n) is 4.98. The van der Waals surface area contributed by atoms with Crippen molar-refractivity contribution in [2.45, 2.75) is 13.3 Å². The topological polar surface area (TPSA) is 80.3 Å². The summed E-state index contributed by atoms with van der Waals surface area (Å²) in [6, 6.07) is 10.0. The lowest BCUT2D eigenvalue weighted by atomic mass is 10.2. The van der Waals surface area contributed by atoms with E-state index in [-0.39, 0.29) is 18.4 Å². The summed E-state index contributed by atoms with van der Waals surface area (Å²) in [5.41, 5.74) is 1.20. The average molecular weight is 348 g/mol. The third kappa shape index (κ3) is 5.55. The molecule has 1 aromatic heterocycles. The zero-order valence-electron chi connectivity index (χ0n) is 13.2. The Morgan fingerprint density at radius 2 is 1.92 bits per heavy atom. The molecule has 0 aliphatic carbocycles. The van der Waals surface area contributed by atoms with E-state index in [1.807, 2.05) is 6.92 Å². The number of carbonyl (C=O) groups excluding carboxylic acids is 2. The van der Waals surface area contributed by atoms with Gasteiger partial charge in [0.05, 0.1) is 23.7 Å². The van der Waals surface area contributed by atoms with Crippen LogP contribution < -0.4 is 10.6 Å². The van der Waals surface area contributed by atoms with Crippen LogP contribution in [0.25, 0.3) is 0 Å². The quantitative estimate of drug-likeness (QED) is 0.751. The van der Waals surface area contributed by atoms with E-state index in [1.54, 1.807) is 36.4 Å². The van der Waals surface area contributed by atoms with Crippen molar-refractivity contribution >= 4 is 35.0 Å². The summed E-state index contributed by atoms with van der Waals surface area (Å²) >= 11 is 5.73. The first-order valence-corrected chi connectivity index (χ1v) is 7.88. The standard InChI is InChI=1S/C17H18ClN3O3/c1-2-9-24-17(23)12-3-6-14(7-4-12)19-11-16(22)21-15-8-5-13(18)10-20-15/h3-8,10,19H,2,9,11H2,1H3,(H,20,21,22). The lowest BCUT2D eigenvalue weighted by molar-refractivity contribution is -0.114. The van der Waals surface area contributed by atoms with Crippen molar-refractivity contribution in [2.75, 3.05) is 23.8 Å². The van der Waals surface area contributed by atoms with Crippen molar-refractivity contribution in [3.8, 4) is 0 Å². The molecule has 2 rings (SSSR count). The Morgan fingerprint density at radius 3 is 2.54 bits per heavy atom. The number of hydrogen-bond acceptors (Lipinski definition) is 5. The molecule has 7 heteroatoms. The van der Waals surface area contributed by atoms with Crippen molar-refractivity contribution in [1.29, 1.82) is 0 Å². The van der Waals surface area contributed by atoms with Gasteiger partial charge >= 0.3 is 5.97 Å². The normalized spacial score (nSPS) is 10.1. The highest BCUT2D eigenvalue weighted by Gasteiger charge is 2.07. The van der Waals surface area contributed by atoms with Gasteiger partial charge in [0, 0.05) is 11.9 Å². The van der Waals surface area contributed by atoms with E-state index in [0.717, 1.165) is 12.1 Å². The number of amides is 1. The van der Waals surface area contributed by atoms with Gasteiger partial charge in [-0.05, 0) is 42.8 Å². The summed E-state index contributed by atoms with van der Waals surface area (Å²) in [5.74, 6) is -0.161. The first-order chi connectivity index (χ1) is 11.6. The smallest absolute Gasteiger partial charge is 0.338 e. The molecule has 0 saturated heterocycles. The minimum absolute atomic E-state index is 0.0733. The molecule has 0 bridgehead atoms. The molecule has 0 fully saturated rings. The van der Waals surface area contributed by atoms with Crippen LogP contribution in [-0.4, -0.2) is 30.0 Å². The molecule has 2 aromatic rings. The van der Waals surface area contributed by atoms with E-state index in [2.05, 4.69) is 15.6 Å². The molecule has 0 atom stereocenters. The number of carbonyl (C=O) groups is 2.